The molecule has 162 valence electrons. The van der Waals surface area contributed by atoms with Crippen LogP contribution in [-0.4, -0.2) is 62.5 Å². The lowest BCUT2D eigenvalue weighted by Crippen LogP contribution is -2.42. The molecule has 10 nitrogen and oxygen atoms in total. The highest BCUT2D eigenvalue weighted by molar-refractivity contribution is 6.00. The maximum atomic E-state index is 13.8. The number of ether oxygens (including phenoxy) is 1. The molecule has 0 spiro atoms. The largest absolute Gasteiger partial charge is 0.394 e. The second kappa shape index (κ2) is 7.43. The van der Waals surface area contributed by atoms with E-state index in [1.54, 1.807) is 12.3 Å². The van der Waals surface area contributed by atoms with Gasteiger partial charge < -0.3 is 25.0 Å². The van der Waals surface area contributed by atoms with E-state index in [9.17, 15) is 19.1 Å². The molecule has 2 aliphatic rings. The average molecular weight is 428 g/mol. The van der Waals surface area contributed by atoms with Crippen LogP contribution in [0, 0.1) is 5.82 Å². The smallest absolute Gasteiger partial charge is 0.257 e. The highest BCUT2D eigenvalue weighted by Gasteiger charge is 2.44. The maximum absolute atomic E-state index is 13.8. The molecule has 1 aliphatic carbocycles. The van der Waals surface area contributed by atoms with Crippen LogP contribution in [0.3, 0.4) is 0 Å². The summed E-state index contributed by atoms with van der Waals surface area (Å²) in [7, 11) is 0. The van der Waals surface area contributed by atoms with E-state index in [4.69, 9.17) is 4.74 Å². The SMILES string of the molecule is O=C(NC1(CO)CC1)c1cnn2ccc(N3CCOCC3c3cc(F)c[nH]c3=O)nc12. The zero-order valence-corrected chi connectivity index (χ0v) is 16.5. The van der Waals surface area contributed by atoms with E-state index in [1.165, 1.54) is 16.8 Å². The van der Waals surface area contributed by atoms with Crippen molar-refractivity contribution in [2.45, 2.75) is 24.4 Å². The number of pyridine rings is 1. The predicted molar refractivity (Wildman–Crippen MR) is 107 cm³/mol. The van der Waals surface area contributed by atoms with Crippen LogP contribution in [0.5, 0.6) is 0 Å². The van der Waals surface area contributed by atoms with Gasteiger partial charge in [0.05, 0.1) is 37.6 Å². The zero-order chi connectivity index (χ0) is 21.6. The van der Waals surface area contributed by atoms with Gasteiger partial charge in [0.15, 0.2) is 5.65 Å². The van der Waals surface area contributed by atoms with Gasteiger partial charge in [0.25, 0.3) is 11.5 Å². The number of halogens is 1. The first kappa shape index (κ1) is 19.6. The van der Waals surface area contributed by atoms with Crippen LogP contribution < -0.4 is 15.8 Å². The van der Waals surface area contributed by atoms with Gasteiger partial charge in [-0.3, -0.25) is 9.59 Å². The third kappa shape index (κ3) is 3.55. The summed E-state index contributed by atoms with van der Waals surface area (Å²) >= 11 is 0. The zero-order valence-electron chi connectivity index (χ0n) is 16.5. The standard InChI is InChI=1S/C20H21FN6O4/c21-12-7-13(18(29)22-8-12)15-10-31-6-5-26(15)16-1-4-27-17(24-16)14(9-23-27)19(30)25-20(11-28)2-3-20/h1,4,7-9,15,28H,2-3,5-6,10-11H2,(H,22,29)(H,25,30). The number of carbonyl (C=O) groups excluding carboxylic acids is 1. The minimum Gasteiger partial charge on any atom is -0.394 e. The Balaban J connectivity index is 1.51. The molecule has 1 atom stereocenters. The summed E-state index contributed by atoms with van der Waals surface area (Å²) in [5.41, 5.74) is -0.0776. The second-order valence-corrected chi connectivity index (χ2v) is 7.89. The molecule has 1 unspecified atom stereocenters. The Morgan fingerprint density at radius 1 is 1.45 bits per heavy atom. The van der Waals surface area contributed by atoms with Gasteiger partial charge >= 0.3 is 0 Å². The number of aliphatic hydroxyl groups excluding tert-OH is 1. The van der Waals surface area contributed by atoms with Crippen molar-refractivity contribution in [2.75, 3.05) is 31.3 Å². The minimum atomic E-state index is -0.559. The molecule has 1 aliphatic heterocycles. The Labute approximate surface area is 175 Å². The molecule has 3 aromatic rings. The second-order valence-electron chi connectivity index (χ2n) is 7.89. The topological polar surface area (TPSA) is 125 Å². The molecule has 0 radical (unpaired) electrons. The van der Waals surface area contributed by atoms with Gasteiger partial charge in [-0.15, -0.1) is 0 Å². The van der Waals surface area contributed by atoms with Gasteiger partial charge in [-0.25, -0.2) is 13.9 Å². The number of aliphatic hydroxyl groups is 1. The summed E-state index contributed by atoms with van der Waals surface area (Å²) in [5.74, 6) is -0.384. The number of H-pyrrole nitrogens is 1. The molecule has 0 aromatic carbocycles. The highest BCUT2D eigenvalue weighted by atomic mass is 19.1. The third-order valence-corrected chi connectivity index (χ3v) is 5.81. The van der Waals surface area contributed by atoms with Crippen LogP contribution in [0.25, 0.3) is 5.65 Å². The molecular formula is C20H21FN6O4. The number of hydrogen-bond donors (Lipinski definition) is 3. The molecule has 3 aromatic heterocycles. The number of aromatic nitrogens is 4. The summed E-state index contributed by atoms with van der Waals surface area (Å²) in [4.78, 5) is 34.0. The molecule has 2 fully saturated rings. The molecule has 4 heterocycles. The Morgan fingerprint density at radius 3 is 3.06 bits per heavy atom. The van der Waals surface area contributed by atoms with Crippen molar-refractivity contribution in [3.8, 4) is 0 Å². The number of anilines is 1. The first-order valence-electron chi connectivity index (χ1n) is 10.00. The Kier molecular flexibility index (Phi) is 4.71. The van der Waals surface area contributed by atoms with Crippen molar-refractivity contribution in [3.05, 3.63) is 58.0 Å². The van der Waals surface area contributed by atoms with Crippen molar-refractivity contribution in [1.82, 2.24) is 24.9 Å². The van der Waals surface area contributed by atoms with E-state index < -0.39 is 23.0 Å². The van der Waals surface area contributed by atoms with E-state index in [-0.39, 0.29) is 30.2 Å². The molecule has 0 bridgehead atoms. The van der Waals surface area contributed by atoms with E-state index in [0.29, 0.717) is 24.6 Å². The Morgan fingerprint density at radius 2 is 2.29 bits per heavy atom. The van der Waals surface area contributed by atoms with Crippen molar-refractivity contribution in [1.29, 1.82) is 0 Å². The highest BCUT2D eigenvalue weighted by Crippen LogP contribution is 2.35. The van der Waals surface area contributed by atoms with Crippen molar-refractivity contribution in [2.24, 2.45) is 0 Å². The molecule has 1 amide bonds. The summed E-state index contributed by atoms with van der Waals surface area (Å²) in [5, 5.41) is 16.5. The fraction of sp³-hybridized carbons (Fsp3) is 0.400. The molecule has 1 saturated heterocycles. The molecule has 31 heavy (non-hydrogen) atoms. The summed E-state index contributed by atoms with van der Waals surface area (Å²) in [6, 6.07) is 2.39. The van der Waals surface area contributed by atoms with Gasteiger partial charge in [-0.2, -0.15) is 5.10 Å². The van der Waals surface area contributed by atoms with Gasteiger partial charge in [-0.05, 0) is 25.0 Å². The summed E-state index contributed by atoms with van der Waals surface area (Å²) in [6.45, 7) is 0.939. The van der Waals surface area contributed by atoms with E-state index in [2.05, 4.69) is 20.4 Å². The van der Waals surface area contributed by atoms with E-state index in [0.717, 1.165) is 19.0 Å². The van der Waals surface area contributed by atoms with Gasteiger partial charge in [0, 0.05) is 24.5 Å². The fourth-order valence-corrected chi connectivity index (χ4v) is 3.82. The average Bonchev–Trinajstić information content (AvgIpc) is 3.43. The van der Waals surface area contributed by atoms with Crippen LogP contribution in [0.15, 0.2) is 35.5 Å². The number of morpholine rings is 1. The summed E-state index contributed by atoms with van der Waals surface area (Å²) in [6.07, 6.45) is 5.58. The van der Waals surface area contributed by atoms with E-state index >= 15 is 0 Å². The first-order valence-corrected chi connectivity index (χ1v) is 10.00. The van der Waals surface area contributed by atoms with Crippen LogP contribution in [0.4, 0.5) is 10.2 Å². The lowest BCUT2D eigenvalue weighted by atomic mass is 10.1. The van der Waals surface area contributed by atoms with Gasteiger partial charge in [0.2, 0.25) is 0 Å². The predicted octanol–water partition coefficient (Wildman–Crippen LogP) is 0.389. The number of rotatable bonds is 5. The van der Waals surface area contributed by atoms with Gasteiger partial charge in [0.1, 0.15) is 17.2 Å². The number of nitrogens with one attached hydrogen (secondary N) is 2. The number of aromatic amines is 1. The van der Waals surface area contributed by atoms with Crippen LogP contribution >= 0.6 is 0 Å². The van der Waals surface area contributed by atoms with Crippen molar-refractivity contribution >= 4 is 17.4 Å². The fourth-order valence-electron chi connectivity index (χ4n) is 3.82. The van der Waals surface area contributed by atoms with Crippen LogP contribution in [-0.2, 0) is 4.74 Å². The molecular weight excluding hydrogens is 407 g/mol. The maximum Gasteiger partial charge on any atom is 0.257 e. The number of hydrogen-bond acceptors (Lipinski definition) is 7. The number of fused-ring (bicyclic) bond motifs is 1. The monoisotopic (exact) mass is 428 g/mol. The third-order valence-electron chi connectivity index (χ3n) is 5.81. The molecule has 11 heteroatoms. The quantitative estimate of drug-likeness (QED) is 0.537. The van der Waals surface area contributed by atoms with Crippen molar-refractivity contribution < 1.29 is 19.0 Å². The van der Waals surface area contributed by atoms with Crippen LogP contribution in [0.2, 0.25) is 0 Å². The Hall–Kier alpha value is -3.31. The molecule has 3 N–H and O–H groups in total. The minimum absolute atomic E-state index is 0.117. The lowest BCUT2D eigenvalue weighted by Gasteiger charge is -2.36. The number of carbonyl (C=O) groups is 1. The normalized spacial score (nSPS) is 20.1. The molecule has 1 saturated carbocycles. The molecule has 5 rings (SSSR count). The van der Waals surface area contributed by atoms with Gasteiger partial charge in [-0.1, -0.05) is 0 Å². The van der Waals surface area contributed by atoms with Crippen molar-refractivity contribution in [3.63, 3.8) is 0 Å². The number of nitrogens with zero attached hydrogens (tertiary/aromatic N) is 4. The first-order chi connectivity index (χ1) is 15.0. The lowest BCUT2D eigenvalue weighted by molar-refractivity contribution is 0.0907. The number of amides is 1. The van der Waals surface area contributed by atoms with E-state index in [1.807, 2.05) is 4.90 Å². The Bertz CT molecular complexity index is 1200. The van der Waals surface area contributed by atoms with Crippen LogP contribution in [0.1, 0.15) is 34.8 Å². The summed E-state index contributed by atoms with van der Waals surface area (Å²) < 4.78 is 20.8.